The number of hydrogen-bond acceptors (Lipinski definition) is 6. The molecule has 0 unspecified atom stereocenters. The fraction of sp³-hybridized carbons (Fsp3) is 0.471. The Labute approximate surface area is 162 Å². The van der Waals surface area contributed by atoms with Gasteiger partial charge < -0.3 is 20.7 Å². The number of aromatic nitrogens is 1. The highest BCUT2D eigenvalue weighted by Gasteiger charge is 2.28. The Bertz CT molecular complexity index is 782. The number of amides is 2. The average molecular weight is 399 g/mol. The molecule has 1 aliphatic rings. The van der Waals surface area contributed by atoms with Crippen molar-refractivity contribution < 1.29 is 14.3 Å². The van der Waals surface area contributed by atoms with Crippen LogP contribution in [0, 0.1) is 0 Å². The first-order valence-corrected chi connectivity index (χ1v) is 9.24. The molecule has 9 heteroatoms. The van der Waals surface area contributed by atoms with Crippen LogP contribution in [0.5, 0.6) is 0 Å². The number of fused-ring (bicyclic) bond motifs is 1. The summed E-state index contributed by atoms with van der Waals surface area (Å²) in [5.41, 5.74) is 1.49. The van der Waals surface area contributed by atoms with Gasteiger partial charge in [-0.1, -0.05) is 18.3 Å². The third-order valence-electron chi connectivity index (χ3n) is 3.98. The number of rotatable bonds is 5. The van der Waals surface area contributed by atoms with Gasteiger partial charge in [0.15, 0.2) is 5.13 Å². The van der Waals surface area contributed by atoms with Gasteiger partial charge in [0.2, 0.25) is 11.8 Å². The summed E-state index contributed by atoms with van der Waals surface area (Å²) in [4.78, 5) is 28.5. The van der Waals surface area contributed by atoms with E-state index < -0.39 is 0 Å². The van der Waals surface area contributed by atoms with Crippen molar-refractivity contribution >= 4 is 56.6 Å². The summed E-state index contributed by atoms with van der Waals surface area (Å²) in [7, 11) is 0. The molecule has 2 aromatic rings. The van der Waals surface area contributed by atoms with Crippen LogP contribution < -0.4 is 16.0 Å². The molecule has 1 aromatic heterocycles. The van der Waals surface area contributed by atoms with Crippen LogP contribution >= 0.6 is 23.7 Å². The number of hydrogen-bond donors (Lipinski definition) is 3. The molecule has 3 N–H and O–H groups in total. The van der Waals surface area contributed by atoms with Crippen molar-refractivity contribution in [2.75, 3.05) is 23.8 Å². The van der Waals surface area contributed by atoms with Gasteiger partial charge in [-0.05, 0) is 31.5 Å². The van der Waals surface area contributed by atoms with Crippen molar-refractivity contribution in [3.05, 3.63) is 18.2 Å². The van der Waals surface area contributed by atoms with Gasteiger partial charge in [0.05, 0.1) is 22.9 Å². The molecule has 7 nitrogen and oxygen atoms in total. The lowest BCUT2D eigenvalue weighted by atomic mass is 10.1. The molecule has 1 fully saturated rings. The van der Waals surface area contributed by atoms with Crippen LogP contribution in [-0.4, -0.2) is 42.1 Å². The monoisotopic (exact) mass is 398 g/mol. The number of carbonyl (C=O) groups is 2. The molecule has 0 radical (unpaired) electrons. The molecular formula is C17H23ClN4O3S. The van der Waals surface area contributed by atoms with Crippen LogP contribution in [0.25, 0.3) is 10.2 Å². The molecule has 142 valence electrons. The number of thiazole rings is 1. The molecule has 0 aliphatic carbocycles. The number of anilines is 2. The first-order valence-electron chi connectivity index (χ1n) is 8.43. The highest BCUT2D eigenvalue weighted by molar-refractivity contribution is 7.22. The Morgan fingerprint density at radius 3 is 2.92 bits per heavy atom. The lowest BCUT2D eigenvalue weighted by molar-refractivity contribution is -0.123. The standard InChI is InChI=1S/C17H22N4O3S.ClH/c1-3-4-14(22)21-17-20-12-6-5-11(9-13(12)25-17)19-16(23)15-10(2)24-8-7-18-15;/h5-6,9-10,15,18H,3-4,7-8H2,1-2H3,(H,19,23)(H,20,21,22);1H/t10-,15+;/m1./s1. The van der Waals surface area contributed by atoms with Gasteiger partial charge >= 0.3 is 0 Å². The topological polar surface area (TPSA) is 92.4 Å². The van der Waals surface area contributed by atoms with E-state index in [0.717, 1.165) is 16.6 Å². The van der Waals surface area contributed by atoms with Crippen molar-refractivity contribution in [3.63, 3.8) is 0 Å². The number of ether oxygens (including phenoxy) is 1. The Balaban J connectivity index is 0.00000243. The minimum Gasteiger partial charge on any atom is -0.375 e. The number of halogens is 1. The largest absolute Gasteiger partial charge is 0.375 e. The van der Waals surface area contributed by atoms with E-state index in [2.05, 4.69) is 20.9 Å². The van der Waals surface area contributed by atoms with E-state index in [0.29, 0.717) is 30.4 Å². The molecular weight excluding hydrogens is 376 g/mol. The second-order valence-corrected chi connectivity index (χ2v) is 7.03. The molecule has 2 amide bonds. The van der Waals surface area contributed by atoms with Crippen LogP contribution in [-0.2, 0) is 14.3 Å². The van der Waals surface area contributed by atoms with E-state index >= 15 is 0 Å². The van der Waals surface area contributed by atoms with Gasteiger partial charge in [-0.3, -0.25) is 9.59 Å². The molecule has 0 spiro atoms. The Kier molecular flexibility index (Phi) is 7.33. The average Bonchev–Trinajstić information content (AvgIpc) is 2.96. The molecule has 1 aromatic carbocycles. The van der Waals surface area contributed by atoms with Crippen LogP contribution in [0.1, 0.15) is 26.7 Å². The van der Waals surface area contributed by atoms with Crippen LogP contribution in [0.4, 0.5) is 10.8 Å². The highest BCUT2D eigenvalue weighted by atomic mass is 35.5. The molecule has 2 atom stereocenters. The third kappa shape index (κ3) is 4.91. The SMILES string of the molecule is CCCC(=O)Nc1nc2ccc(NC(=O)[C@H]3NCCO[C@@H]3C)cc2s1.Cl. The molecule has 1 saturated heterocycles. The number of nitrogens with one attached hydrogen (secondary N) is 3. The lowest BCUT2D eigenvalue weighted by Crippen LogP contribution is -2.53. The highest BCUT2D eigenvalue weighted by Crippen LogP contribution is 2.28. The minimum atomic E-state index is -0.366. The molecule has 1 aliphatic heterocycles. The minimum absolute atomic E-state index is 0. The summed E-state index contributed by atoms with van der Waals surface area (Å²) >= 11 is 1.39. The summed E-state index contributed by atoms with van der Waals surface area (Å²) < 4.78 is 6.42. The van der Waals surface area contributed by atoms with E-state index in [-0.39, 0.29) is 36.4 Å². The summed E-state index contributed by atoms with van der Waals surface area (Å²) in [5.74, 6) is -0.153. The fourth-order valence-electron chi connectivity index (χ4n) is 2.71. The third-order valence-corrected chi connectivity index (χ3v) is 4.91. The normalized spacial score (nSPS) is 19.6. The number of benzene rings is 1. The zero-order chi connectivity index (χ0) is 17.8. The Hall–Kier alpha value is -1.74. The summed E-state index contributed by atoms with van der Waals surface area (Å²) in [6, 6.07) is 5.15. The smallest absolute Gasteiger partial charge is 0.244 e. The van der Waals surface area contributed by atoms with Crippen molar-refractivity contribution in [1.82, 2.24) is 10.3 Å². The van der Waals surface area contributed by atoms with E-state index in [1.807, 2.05) is 32.0 Å². The zero-order valence-electron chi connectivity index (χ0n) is 14.7. The molecule has 0 saturated carbocycles. The van der Waals surface area contributed by atoms with Crippen molar-refractivity contribution in [2.24, 2.45) is 0 Å². The molecule has 26 heavy (non-hydrogen) atoms. The van der Waals surface area contributed by atoms with E-state index in [1.165, 1.54) is 11.3 Å². The van der Waals surface area contributed by atoms with Gasteiger partial charge in [-0.25, -0.2) is 4.98 Å². The maximum Gasteiger partial charge on any atom is 0.244 e. The van der Waals surface area contributed by atoms with Crippen LogP contribution in [0.2, 0.25) is 0 Å². The lowest BCUT2D eigenvalue weighted by Gasteiger charge is -2.29. The van der Waals surface area contributed by atoms with E-state index in [9.17, 15) is 9.59 Å². The second-order valence-electron chi connectivity index (χ2n) is 6.00. The van der Waals surface area contributed by atoms with Gasteiger partial charge in [0.25, 0.3) is 0 Å². The van der Waals surface area contributed by atoms with E-state index in [4.69, 9.17) is 4.74 Å². The maximum atomic E-state index is 12.4. The van der Waals surface area contributed by atoms with Crippen LogP contribution in [0.15, 0.2) is 18.2 Å². The van der Waals surface area contributed by atoms with Gasteiger partial charge in [0.1, 0.15) is 6.04 Å². The first-order chi connectivity index (χ1) is 12.1. The maximum absolute atomic E-state index is 12.4. The quantitative estimate of drug-likeness (QED) is 0.720. The fourth-order valence-corrected chi connectivity index (χ4v) is 3.63. The van der Waals surface area contributed by atoms with Crippen molar-refractivity contribution in [3.8, 4) is 0 Å². The van der Waals surface area contributed by atoms with E-state index in [1.54, 1.807) is 0 Å². The molecule has 0 bridgehead atoms. The first kappa shape index (κ1) is 20.6. The summed E-state index contributed by atoms with van der Waals surface area (Å²) in [6.45, 7) is 5.12. The predicted molar refractivity (Wildman–Crippen MR) is 106 cm³/mol. The Morgan fingerprint density at radius 1 is 1.38 bits per heavy atom. The second kappa shape index (κ2) is 9.27. The van der Waals surface area contributed by atoms with Crippen LogP contribution in [0.3, 0.4) is 0 Å². The number of nitrogens with zero attached hydrogens (tertiary/aromatic N) is 1. The van der Waals surface area contributed by atoms with Gasteiger partial charge in [0, 0.05) is 18.7 Å². The Morgan fingerprint density at radius 2 is 2.19 bits per heavy atom. The number of carbonyl (C=O) groups excluding carboxylic acids is 2. The summed E-state index contributed by atoms with van der Waals surface area (Å²) in [6.07, 6.45) is 1.11. The zero-order valence-corrected chi connectivity index (χ0v) is 16.3. The van der Waals surface area contributed by atoms with Gasteiger partial charge in [-0.15, -0.1) is 12.4 Å². The van der Waals surface area contributed by atoms with Gasteiger partial charge in [-0.2, -0.15) is 0 Å². The predicted octanol–water partition coefficient (Wildman–Crippen LogP) is 2.77. The number of morpholine rings is 1. The molecule has 3 rings (SSSR count). The molecule has 2 heterocycles. The van der Waals surface area contributed by atoms with Crippen molar-refractivity contribution in [2.45, 2.75) is 38.8 Å². The van der Waals surface area contributed by atoms with Crippen molar-refractivity contribution in [1.29, 1.82) is 0 Å². The summed E-state index contributed by atoms with van der Waals surface area (Å²) in [5, 5.41) is 9.47.